The van der Waals surface area contributed by atoms with Crippen molar-refractivity contribution in [3.05, 3.63) is 83.3 Å². The maximum Gasteiger partial charge on any atom is 0.242 e. The Morgan fingerprint density at radius 2 is 1.34 bits per heavy atom. The number of hydrogen-bond donors (Lipinski definition) is 2. The molecule has 2 aromatic rings. The summed E-state index contributed by atoms with van der Waals surface area (Å²) >= 11 is 0. The first kappa shape index (κ1) is 25.3. The minimum atomic E-state index is -3.30. The van der Waals surface area contributed by atoms with Crippen LogP contribution < -0.4 is 10.6 Å². The van der Waals surface area contributed by atoms with Crippen molar-refractivity contribution in [2.45, 2.75) is 45.2 Å². The molecule has 0 fully saturated rings. The molecule has 2 amide bonds. The van der Waals surface area contributed by atoms with Crippen LogP contribution in [0.5, 0.6) is 0 Å². The minimum absolute atomic E-state index is 0.245. The molecule has 0 radical (unpaired) electrons. The van der Waals surface area contributed by atoms with Crippen LogP contribution in [0.2, 0.25) is 0 Å². The molecule has 0 unspecified atom stereocenters. The molecule has 0 aliphatic carbocycles. The lowest BCUT2D eigenvalue weighted by molar-refractivity contribution is -0.129. The summed E-state index contributed by atoms with van der Waals surface area (Å²) in [6, 6.07) is 17.6. The zero-order valence-corrected chi connectivity index (χ0v) is 19.8. The molecule has 32 heavy (non-hydrogen) atoms. The van der Waals surface area contributed by atoms with Gasteiger partial charge in [0.2, 0.25) is 11.8 Å². The normalized spacial score (nSPS) is 13.8. The van der Waals surface area contributed by atoms with Crippen molar-refractivity contribution in [3.8, 4) is 0 Å². The van der Waals surface area contributed by atoms with E-state index in [2.05, 4.69) is 10.6 Å². The van der Waals surface area contributed by atoms with Gasteiger partial charge in [-0.05, 0) is 30.4 Å². The van der Waals surface area contributed by atoms with E-state index in [1.165, 1.54) is 6.08 Å². The number of rotatable bonds is 10. The van der Waals surface area contributed by atoms with Gasteiger partial charge in [-0.25, -0.2) is 8.42 Å². The van der Waals surface area contributed by atoms with Gasteiger partial charge in [-0.1, -0.05) is 80.6 Å². The second kappa shape index (κ2) is 11.6. The summed E-state index contributed by atoms with van der Waals surface area (Å²) in [5, 5.41) is 6.76. The molecule has 0 heterocycles. The first-order chi connectivity index (χ1) is 15.1. The lowest BCUT2D eigenvalue weighted by Crippen LogP contribution is -2.49. The van der Waals surface area contributed by atoms with Crippen molar-refractivity contribution in [1.29, 1.82) is 0 Å². The van der Waals surface area contributed by atoms with Crippen LogP contribution in [0.15, 0.2) is 72.1 Å². The van der Waals surface area contributed by atoms with Crippen molar-refractivity contribution in [1.82, 2.24) is 10.6 Å². The van der Waals surface area contributed by atoms with Crippen molar-refractivity contribution >= 4 is 21.7 Å². The lowest BCUT2D eigenvalue weighted by Gasteiger charge is -2.23. The van der Waals surface area contributed by atoms with E-state index < -0.39 is 27.8 Å². The summed E-state index contributed by atoms with van der Waals surface area (Å²) in [4.78, 5) is 26.0. The van der Waals surface area contributed by atoms with Crippen LogP contribution in [-0.4, -0.2) is 38.6 Å². The third-order valence-corrected chi connectivity index (χ3v) is 5.54. The molecule has 2 aromatic carbocycles. The summed E-state index contributed by atoms with van der Waals surface area (Å²) in [6.45, 7) is 5.60. The molecule has 0 aromatic heterocycles. The Labute approximate surface area is 191 Å². The van der Waals surface area contributed by atoms with Gasteiger partial charge in [0.15, 0.2) is 9.84 Å². The molecule has 0 aliphatic heterocycles. The number of benzene rings is 2. The van der Waals surface area contributed by atoms with E-state index in [1.54, 1.807) is 6.92 Å². The van der Waals surface area contributed by atoms with Gasteiger partial charge >= 0.3 is 0 Å². The van der Waals surface area contributed by atoms with Gasteiger partial charge in [-0.15, -0.1) is 0 Å². The topological polar surface area (TPSA) is 92.3 Å². The Hall–Kier alpha value is -2.93. The van der Waals surface area contributed by atoms with Crippen LogP contribution in [-0.2, 0) is 19.4 Å². The van der Waals surface area contributed by atoms with Crippen LogP contribution in [0.3, 0.4) is 0 Å². The highest BCUT2D eigenvalue weighted by Gasteiger charge is 2.26. The van der Waals surface area contributed by atoms with E-state index in [0.717, 1.165) is 22.8 Å². The third-order valence-electron chi connectivity index (χ3n) is 4.89. The standard InChI is InChI=1S/C25H32N2O4S/c1-18(2)17-22(15-16-32(4,30)31)27-24(28)19(3)26-25(29)23(20-11-7-5-8-12-20)21-13-9-6-10-14-21/h5-16,18-19,22-23H,17H2,1-4H3,(H,26,29)(H,27,28)/b16-15+/t19-,22+/m0/s1. The lowest BCUT2D eigenvalue weighted by atomic mass is 9.90. The van der Waals surface area contributed by atoms with Crippen LogP contribution in [0.25, 0.3) is 0 Å². The highest BCUT2D eigenvalue weighted by molar-refractivity contribution is 7.93. The first-order valence-electron chi connectivity index (χ1n) is 10.7. The van der Waals surface area contributed by atoms with E-state index in [4.69, 9.17) is 0 Å². The number of carbonyl (C=O) groups excluding carboxylic acids is 2. The Morgan fingerprint density at radius 3 is 1.78 bits per heavy atom. The summed E-state index contributed by atoms with van der Waals surface area (Å²) < 4.78 is 22.9. The second-order valence-corrected chi connectivity index (χ2v) is 10.3. The molecule has 0 aliphatic rings. The van der Waals surface area contributed by atoms with Gasteiger partial charge in [0.1, 0.15) is 6.04 Å². The van der Waals surface area contributed by atoms with Crippen molar-refractivity contribution in [2.24, 2.45) is 5.92 Å². The molecular weight excluding hydrogens is 424 g/mol. The smallest absolute Gasteiger partial charge is 0.242 e. The van der Waals surface area contributed by atoms with Gasteiger partial charge in [-0.2, -0.15) is 0 Å². The van der Waals surface area contributed by atoms with Crippen molar-refractivity contribution in [3.63, 3.8) is 0 Å². The van der Waals surface area contributed by atoms with Gasteiger partial charge in [-0.3, -0.25) is 9.59 Å². The fourth-order valence-electron chi connectivity index (χ4n) is 3.39. The number of nitrogens with one attached hydrogen (secondary N) is 2. The molecule has 0 saturated carbocycles. The Morgan fingerprint density at radius 1 is 0.844 bits per heavy atom. The second-order valence-electron chi connectivity index (χ2n) is 8.39. The first-order valence-corrected chi connectivity index (χ1v) is 12.6. The van der Waals surface area contributed by atoms with Gasteiger partial charge in [0, 0.05) is 17.7 Å². The van der Waals surface area contributed by atoms with E-state index >= 15 is 0 Å². The molecule has 6 nitrogen and oxygen atoms in total. The fraction of sp³-hybridized carbons (Fsp3) is 0.360. The number of carbonyl (C=O) groups is 2. The molecule has 7 heteroatoms. The molecular formula is C25H32N2O4S. The Balaban J connectivity index is 2.15. The molecule has 2 atom stereocenters. The highest BCUT2D eigenvalue weighted by Crippen LogP contribution is 2.24. The van der Waals surface area contributed by atoms with Crippen LogP contribution in [0.1, 0.15) is 44.2 Å². The van der Waals surface area contributed by atoms with Crippen molar-refractivity contribution < 1.29 is 18.0 Å². The zero-order chi connectivity index (χ0) is 23.7. The number of sulfone groups is 1. The van der Waals surface area contributed by atoms with Crippen LogP contribution >= 0.6 is 0 Å². The predicted octanol–water partition coefficient (Wildman–Crippen LogP) is 3.41. The predicted molar refractivity (Wildman–Crippen MR) is 128 cm³/mol. The number of amides is 2. The average molecular weight is 457 g/mol. The molecule has 2 rings (SSSR count). The SMILES string of the molecule is CC(C)C[C@@H](/C=C/S(C)(=O)=O)NC(=O)[C@H](C)NC(=O)C(c1ccccc1)c1ccccc1. The van der Waals surface area contributed by atoms with Crippen LogP contribution in [0.4, 0.5) is 0 Å². The maximum atomic E-state index is 13.2. The quantitative estimate of drug-likeness (QED) is 0.573. The Kier molecular flexibility index (Phi) is 9.20. The van der Waals surface area contributed by atoms with Gasteiger partial charge < -0.3 is 10.6 Å². The minimum Gasteiger partial charge on any atom is -0.348 e. The third kappa shape index (κ3) is 8.30. The van der Waals surface area contributed by atoms with E-state index in [-0.39, 0.29) is 17.7 Å². The largest absolute Gasteiger partial charge is 0.348 e. The fourth-order valence-corrected chi connectivity index (χ4v) is 3.86. The Bertz CT molecular complexity index is 979. The monoisotopic (exact) mass is 456 g/mol. The van der Waals surface area contributed by atoms with E-state index in [9.17, 15) is 18.0 Å². The summed E-state index contributed by atoms with van der Waals surface area (Å²) in [7, 11) is -3.30. The van der Waals surface area contributed by atoms with Gasteiger partial charge in [0.25, 0.3) is 0 Å². The molecule has 2 N–H and O–H groups in total. The average Bonchev–Trinajstić information content (AvgIpc) is 2.72. The summed E-state index contributed by atoms with van der Waals surface area (Å²) in [5.41, 5.74) is 1.66. The summed E-state index contributed by atoms with van der Waals surface area (Å²) in [5.74, 6) is -0.960. The zero-order valence-electron chi connectivity index (χ0n) is 19.0. The molecule has 172 valence electrons. The summed E-state index contributed by atoms with van der Waals surface area (Å²) in [6.07, 6.45) is 3.17. The molecule has 0 saturated heterocycles. The highest BCUT2D eigenvalue weighted by atomic mass is 32.2. The number of hydrogen-bond acceptors (Lipinski definition) is 4. The van der Waals surface area contributed by atoms with Crippen LogP contribution in [0, 0.1) is 5.92 Å². The molecule has 0 spiro atoms. The molecule has 0 bridgehead atoms. The van der Waals surface area contributed by atoms with Gasteiger partial charge in [0.05, 0.1) is 5.92 Å². The van der Waals surface area contributed by atoms with Crippen molar-refractivity contribution in [2.75, 3.05) is 6.26 Å². The maximum absolute atomic E-state index is 13.2. The van der Waals surface area contributed by atoms with E-state index in [1.807, 2.05) is 74.5 Å². The van der Waals surface area contributed by atoms with E-state index in [0.29, 0.717) is 6.42 Å².